The Balaban J connectivity index is 1.93. The number of ether oxygens (including phenoxy) is 1. The summed E-state index contributed by atoms with van der Waals surface area (Å²) in [5.41, 5.74) is -0.761. The van der Waals surface area contributed by atoms with Gasteiger partial charge >= 0.3 is 17.8 Å². The lowest BCUT2D eigenvalue weighted by atomic mass is 9.90. The van der Waals surface area contributed by atoms with Crippen molar-refractivity contribution in [3.05, 3.63) is 75.4 Å². The van der Waals surface area contributed by atoms with E-state index in [1.165, 1.54) is 48.5 Å². The van der Waals surface area contributed by atoms with Crippen molar-refractivity contribution in [2.75, 3.05) is 7.11 Å². The lowest BCUT2D eigenvalue weighted by Gasteiger charge is -2.16. The Bertz CT molecular complexity index is 1320. The molecule has 0 radical (unpaired) electrons. The van der Waals surface area contributed by atoms with Crippen molar-refractivity contribution in [3.8, 4) is 11.4 Å². The maximum Gasteiger partial charge on any atom is 0.416 e. The first kappa shape index (κ1) is 28.1. The fourth-order valence-electron chi connectivity index (χ4n) is 3.69. The van der Waals surface area contributed by atoms with Crippen LogP contribution in [0.25, 0.3) is 11.4 Å². The van der Waals surface area contributed by atoms with E-state index in [0.29, 0.717) is 14.3 Å². The first-order valence-electron chi connectivity index (χ1n) is 10.9. The van der Waals surface area contributed by atoms with E-state index in [-0.39, 0.29) is 29.8 Å². The molecule has 1 heterocycles. The molecule has 3 aromatic rings. The summed E-state index contributed by atoms with van der Waals surface area (Å²) in [5, 5.41) is 13.9. The topological polar surface area (TPSA) is 103 Å². The molecule has 0 aliphatic carbocycles. The van der Waals surface area contributed by atoms with Crippen molar-refractivity contribution < 1.29 is 37.0 Å². The molecule has 8 nitrogen and oxygen atoms in total. The zero-order chi connectivity index (χ0) is 27.3. The Kier molecular flexibility index (Phi) is 8.87. The predicted octanol–water partition coefficient (Wildman–Crippen LogP) is 3.73. The van der Waals surface area contributed by atoms with Gasteiger partial charge in [-0.15, -0.1) is 5.10 Å². The zero-order valence-electron chi connectivity index (χ0n) is 19.4. The number of carbonyl (C=O) groups is 2. The van der Waals surface area contributed by atoms with Crippen LogP contribution in [0.2, 0.25) is 5.02 Å². The molecule has 0 amide bonds. The number of hydrogen-bond acceptors (Lipinski definition) is 6. The summed E-state index contributed by atoms with van der Waals surface area (Å²) >= 11 is 5.86. The van der Waals surface area contributed by atoms with E-state index in [2.05, 4.69) is 9.84 Å². The Morgan fingerprint density at radius 3 is 2.35 bits per heavy atom. The van der Waals surface area contributed by atoms with Crippen molar-refractivity contribution in [1.82, 2.24) is 14.3 Å². The molecule has 3 rings (SSSR count). The number of methoxy groups -OCH3 is 1. The van der Waals surface area contributed by atoms with Crippen LogP contribution in [0.4, 0.5) is 17.6 Å². The third kappa shape index (κ3) is 7.04. The number of carbonyl (C=O) groups excluding carboxylic acids is 2. The van der Waals surface area contributed by atoms with E-state index in [1.807, 2.05) is 0 Å². The van der Waals surface area contributed by atoms with Gasteiger partial charge in [-0.1, -0.05) is 29.8 Å². The zero-order valence-corrected chi connectivity index (χ0v) is 20.2. The van der Waals surface area contributed by atoms with Gasteiger partial charge in [0.25, 0.3) is 0 Å². The average Bonchev–Trinajstić information content (AvgIpc) is 3.13. The van der Waals surface area contributed by atoms with E-state index in [1.54, 1.807) is 0 Å². The van der Waals surface area contributed by atoms with Gasteiger partial charge in [0, 0.05) is 22.9 Å². The third-order valence-corrected chi connectivity index (χ3v) is 5.80. The number of aromatic nitrogens is 3. The van der Waals surface area contributed by atoms with Crippen molar-refractivity contribution in [2.45, 2.75) is 44.1 Å². The molecular formula is C24H22ClF4N3O5. The van der Waals surface area contributed by atoms with Crippen LogP contribution in [-0.2, 0) is 27.4 Å². The van der Waals surface area contributed by atoms with Crippen LogP contribution in [-0.4, -0.2) is 50.6 Å². The van der Waals surface area contributed by atoms with Gasteiger partial charge in [0.1, 0.15) is 12.4 Å². The van der Waals surface area contributed by atoms with E-state index in [4.69, 9.17) is 11.6 Å². The molecule has 0 spiro atoms. The highest BCUT2D eigenvalue weighted by atomic mass is 35.5. The maximum absolute atomic E-state index is 14.4. The minimum Gasteiger partial charge on any atom is -0.469 e. The van der Waals surface area contributed by atoms with E-state index >= 15 is 0 Å². The second-order valence-corrected chi connectivity index (χ2v) is 8.62. The standard InChI is InChI=1S/C24H22ClF4N3O5/c1-37-21(35)11-15(18-4-2-3-5-19(18)26)10-17(33)12-32-23(36)31(13-20(34)24(27,28)29)22(30-32)14-6-8-16(25)9-7-14/h2-9,15,20,34H,10-13H2,1H3/t15?,20-/m0/s1. The first-order chi connectivity index (χ1) is 17.4. The third-order valence-electron chi connectivity index (χ3n) is 5.54. The molecule has 2 atom stereocenters. The van der Waals surface area contributed by atoms with Gasteiger partial charge in [-0.25, -0.2) is 13.9 Å². The molecule has 0 aliphatic heterocycles. The number of halogens is 5. The molecule has 1 unspecified atom stereocenters. The van der Waals surface area contributed by atoms with Gasteiger partial charge < -0.3 is 9.84 Å². The van der Waals surface area contributed by atoms with Gasteiger partial charge in [0.15, 0.2) is 17.7 Å². The highest BCUT2D eigenvalue weighted by Gasteiger charge is 2.39. The molecule has 1 aromatic heterocycles. The number of aliphatic hydroxyl groups is 1. The number of alkyl halides is 3. The summed E-state index contributed by atoms with van der Waals surface area (Å²) in [4.78, 5) is 37.7. The Morgan fingerprint density at radius 2 is 1.76 bits per heavy atom. The molecular weight excluding hydrogens is 522 g/mol. The number of hydrogen-bond donors (Lipinski definition) is 1. The molecule has 1 N–H and O–H groups in total. The van der Waals surface area contributed by atoms with Crippen LogP contribution in [0.3, 0.4) is 0 Å². The summed E-state index contributed by atoms with van der Waals surface area (Å²) < 4.78 is 59.3. The second kappa shape index (κ2) is 11.7. The Labute approximate surface area is 213 Å². The van der Waals surface area contributed by atoms with Crippen LogP contribution in [0, 0.1) is 5.82 Å². The minimum atomic E-state index is -5.00. The van der Waals surface area contributed by atoms with Crippen LogP contribution in [0.5, 0.6) is 0 Å². The molecule has 0 saturated heterocycles. The van der Waals surface area contributed by atoms with Crippen molar-refractivity contribution >= 4 is 23.4 Å². The summed E-state index contributed by atoms with van der Waals surface area (Å²) in [6.45, 7) is -1.82. The predicted molar refractivity (Wildman–Crippen MR) is 124 cm³/mol. The fourth-order valence-corrected chi connectivity index (χ4v) is 3.81. The van der Waals surface area contributed by atoms with Crippen LogP contribution >= 0.6 is 11.6 Å². The Morgan fingerprint density at radius 1 is 1.11 bits per heavy atom. The smallest absolute Gasteiger partial charge is 0.416 e. The number of Topliss-reactive ketones (excluding diaryl/α,β-unsaturated/α-hetero) is 1. The quantitative estimate of drug-likeness (QED) is 0.309. The molecule has 0 aliphatic rings. The first-order valence-corrected chi connectivity index (χ1v) is 11.3. The normalized spacial score (nSPS) is 13.3. The van der Waals surface area contributed by atoms with Crippen molar-refractivity contribution in [3.63, 3.8) is 0 Å². The highest BCUT2D eigenvalue weighted by Crippen LogP contribution is 2.27. The molecule has 37 heavy (non-hydrogen) atoms. The van der Waals surface area contributed by atoms with Crippen LogP contribution in [0.15, 0.2) is 53.3 Å². The highest BCUT2D eigenvalue weighted by molar-refractivity contribution is 6.30. The molecule has 2 aromatic carbocycles. The number of benzene rings is 2. The number of esters is 1. The summed E-state index contributed by atoms with van der Waals surface area (Å²) in [6, 6.07) is 11.2. The summed E-state index contributed by atoms with van der Waals surface area (Å²) in [6.07, 6.45) is -8.57. The number of aliphatic hydroxyl groups excluding tert-OH is 1. The summed E-state index contributed by atoms with van der Waals surface area (Å²) in [5.74, 6) is -3.10. The minimum absolute atomic E-state index is 0.0919. The van der Waals surface area contributed by atoms with Gasteiger partial charge in [-0.3, -0.25) is 14.2 Å². The van der Waals surface area contributed by atoms with Gasteiger partial charge in [0.2, 0.25) is 0 Å². The van der Waals surface area contributed by atoms with Crippen LogP contribution in [0.1, 0.15) is 24.3 Å². The number of ketones is 1. The van der Waals surface area contributed by atoms with Crippen molar-refractivity contribution in [1.29, 1.82) is 0 Å². The Hall–Kier alpha value is -3.51. The van der Waals surface area contributed by atoms with E-state index in [0.717, 1.165) is 7.11 Å². The lowest BCUT2D eigenvalue weighted by Crippen LogP contribution is -2.37. The van der Waals surface area contributed by atoms with Gasteiger partial charge in [0.05, 0.1) is 20.1 Å². The molecule has 0 saturated carbocycles. The molecule has 198 valence electrons. The van der Waals surface area contributed by atoms with Crippen LogP contribution < -0.4 is 5.69 Å². The summed E-state index contributed by atoms with van der Waals surface area (Å²) in [7, 11) is 1.14. The molecule has 0 bridgehead atoms. The van der Waals surface area contributed by atoms with Crippen molar-refractivity contribution in [2.24, 2.45) is 0 Å². The molecule has 0 fully saturated rings. The average molecular weight is 544 g/mol. The molecule has 13 heteroatoms. The van der Waals surface area contributed by atoms with Gasteiger partial charge in [-0.2, -0.15) is 13.2 Å². The fraction of sp³-hybridized carbons (Fsp3) is 0.333. The number of nitrogens with zero attached hydrogens (tertiary/aromatic N) is 3. The van der Waals surface area contributed by atoms with E-state index in [9.17, 15) is 37.1 Å². The number of rotatable bonds is 10. The maximum atomic E-state index is 14.4. The monoisotopic (exact) mass is 543 g/mol. The largest absolute Gasteiger partial charge is 0.469 e. The van der Waals surface area contributed by atoms with E-state index < -0.39 is 54.5 Å². The lowest BCUT2D eigenvalue weighted by molar-refractivity contribution is -0.207. The SMILES string of the molecule is COC(=O)CC(CC(=O)Cn1nc(-c2ccc(Cl)cc2)n(C[C@H](O)C(F)(F)F)c1=O)c1ccccc1F. The van der Waals surface area contributed by atoms with Gasteiger partial charge in [-0.05, 0) is 35.9 Å². The second-order valence-electron chi connectivity index (χ2n) is 8.18.